The van der Waals surface area contributed by atoms with E-state index in [2.05, 4.69) is 6.58 Å². The summed E-state index contributed by atoms with van der Waals surface area (Å²) in [5.74, 6) is -0.291. The lowest BCUT2D eigenvalue weighted by Gasteiger charge is -2.08. The molecule has 0 spiro atoms. The van der Waals surface area contributed by atoms with Crippen LogP contribution < -0.4 is 0 Å². The normalized spacial score (nSPS) is 14.3. The molecular formula is C12H13ClO2S. The number of carbonyl (C=O) groups is 1. The molecule has 0 unspecified atom stereocenters. The second kappa shape index (κ2) is 5.02. The molecule has 0 N–H and O–H groups in total. The Bertz CT molecular complexity index is 399. The number of hydrogen-bond acceptors (Lipinski definition) is 3. The molecule has 1 heterocycles. The number of thiophene rings is 1. The van der Waals surface area contributed by atoms with Gasteiger partial charge in [-0.15, -0.1) is 11.3 Å². The van der Waals surface area contributed by atoms with E-state index >= 15 is 0 Å². The smallest absolute Gasteiger partial charge is 0.348 e. The van der Waals surface area contributed by atoms with Crippen LogP contribution in [0.25, 0.3) is 0 Å². The molecule has 1 aliphatic rings. The molecule has 0 radical (unpaired) electrons. The Kier molecular flexibility index (Phi) is 3.66. The highest BCUT2D eigenvalue weighted by molar-refractivity contribution is 7.14. The maximum Gasteiger partial charge on any atom is 0.348 e. The number of carbonyl (C=O) groups excluding carboxylic acids is 1. The first-order valence-corrected chi connectivity index (χ1v) is 6.48. The van der Waals surface area contributed by atoms with Crippen molar-refractivity contribution in [3.63, 3.8) is 0 Å². The predicted octanol–water partition coefficient (Wildman–Crippen LogP) is 3.54. The van der Waals surface area contributed by atoms with Crippen LogP contribution in [-0.2, 0) is 17.6 Å². The first kappa shape index (κ1) is 11.7. The lowest BCUT2D eigenvalue weighted by Crippen LogP contribution is -2.04. The molecule has 1 aromatic rings. The van der Waals surface area contributed by atoms with Gasteiger partial charge in [0, 0.05) is 9.91 Å². The fourth-order valence-electron chi connectivity index (χ4n) is 1.81. The summed E-state index contributed by atoms with van der Waals surface area (Å²) in [7, 11) is 0. The molecule has 0 amide bonds. The largest absolute Gasteiger partial charge is 0.456 e. The van der Waals surface area contributed by atoms with Gasteiger partial charge in [-0.2, -0.15) is 0 Å². The molecular weight excluding hydrogens is 244 g/mol. The molecule has 0 saturated heterocycles. The van der Waals surface area contributed by atoms with Crippen LogP contribution in [0, 0.1) is 0 Å². The van der Waals surface area contributed by atoms with E-state index in [1.165, 1.54) is 23.3 Å². The van der Waals surface area contributed by atoms with Crippen molar-refractivity contribution in [1.82, 2.24) is 0 Å². The summed E-state index contributed by atoms with van der Waals surface area (Å²) in [4.78, 5) is 13.7. The molecule has 0 saturated carbocycles. The quantitative estimate of drug-likeness (QED) is 0.774. The molecule has 16 heavy (non-hydrogen) atoms. The van der Waals surface area contributed by atoms with Gasteiger partial charge in [-0.3, -0.25) is 0 Å². The summed E-state index contributed by atoms with van der Waals surface area (Å²) in [6, 6.07) is 1.96. The highest BCUT2D eigenvalue weighted by atomic mass is 35.5. The minimum atomic E-state index is -0.291. The molecule has 1 aromatic heterocycles. The van der Waals surface area contributed by atoms with Crippen molar-refractivity contribution in [2.45, 2.75) is 25.7 Å². The van der Waals surface area contributed by atoms with Crippen molar-refractivity contribution in [2.24, 2.45) is 0 Å². The summed E-state index contributed by atoms with van der Waals surface area (Å²) in [5, 5.41) is 0.342. The van der Waals surface area contributed by atoms with Crippen LogP contribution in [0.4, 0.5) is 0 Å². The van der Waals surface area contributed by atoms with Gasteiger partial charge in [0.15, 0.2) is 0 Å². The van der Waals surface area contributed by atoms with Gasteiger partial charge >= 0.3 is 5.97 Å². The van der Waals surface area contributed by atoms with Gasteiger partial charge in [-0.05, 0) is 37.3 Å². The Morgan fingerprint density at radius 3 is 2.94 bits per heavy atom. The molecule has 0 bridgehead atoms. The average Bonchev–Trinajstić information content (AvgIpc) is 2.69. The lowest BCUT2D eigenvalue weighted by atomic mass is 9.99. The number of halogens is 1. The van der Waals surface area contributed by atoms with Gasteiger partial charge < -0.3 is 4.74 Å². The number of esters is 1. The molecule has 0 aliphatic heterocycles. The lowest BCUT2D eigenvalue weighted by molar-refractivity contribution is 0.0552. The van der Waals surface area contributed by atoms with E-state index in [0.29, 0.717) is 9.91 Å². The van der Waals surface area contributed by atoms with E-state index in [1.807, 2.05) is 6.07 Å². The zero-order chi connectivity index (χ0) is 11.5. The molecule has 4 heteroatoms. The zero-order valence-corrected chi connectivity index (χ0v) is 10.5. The number of fused-ring (bicyclic) bond motifs is 1. The van der Waals surface area contributed by atoms with Crippen LogP contribution in [-0.4, -0.2) is 12.6 Å². The number of hydrogen-bond donors (Lipinski definition) is 0. The maximum absolute atomic E-state index is 11.7. The van der Waals surface area contributed by atoms with Crippen molar-refractivity contribution in [3.8, 4) is 0 Å². The summed E-state index contributed by atoms with van der Waals surface area (Å²) < 4.78 is 5.01. The average molecular weight is 257 g/mol. The van der Waals surface area contributed by atoms with Gasteiger partial charge in [-0.25, -0.2) is 4.79 Å². The van der Waals surface area contributed by atoms with E-state index in [-0.39, 0.29) is 12.6 Å². The highest BCUT2D eigenvalue weighted by Gasteiger charge is 2.17. The Hall–Kier alpha value is -0.800. The van der Waals surface area contributed by atoms with Gasteiger partial charge in [0.05, 0.1) is 0 Å². The Morgan fingerprint density at radius 2 is 2.25 bits per heavy atom. The highest BCUT2D eigenvalue weighted by Crippen LogP contribution is 2.30. The summed E-state index contributed by atoms with van der Waals surface area (Å²) in [6.07, 6.45) is 4.62. The van der Waals surface area contributed by atoms with E-state index in [4.69, 9.17) is 16.3 Å². The van der Waals surface area contributed by atoms with Crippen molar-refractivity contribution in [1.29, 1.82) is 0 Å². The Labute approximate surface area is 104 Å². The minimum Gasteiger partial charge on any atom is -0.456 e. The summed E-state index contributed by atoms with van der Waals surface area (Å²) >= 11 is 7.09. The van der Waals surface area contributed by atoms with Crippen LogP contribution in [0.15, 0.2) is 17.7 Å². The summed E-state index contributed by atoms with van der Waals surface area (Å²) in [6.45, 7) is 3.56. The van der Waals surface area contributed by atoms with E-state index < -0.39 is 0 Å². The van der Waals surface area contributed by atoms with Gasteiger partial charge in [0.1, 0.15) is 11.5 Å². The fourth-order valence-corrected chi connectivity index (χ4v) is 3.01. The third-order valence-corrected chi connectivity index (χ3v) is 3.88. The molecule has 2 rings (SSSR count). The standard InChI is InChI=1S/C12H13ClO2S/c1-8(13)7-15-12(14)11-6-9-4-2-3-5-10(9)16-11/h6H,1-5,7H2. The number of ether oxygens (including phenoxy) is 1. The Balaban J connectivity index is 2.06. The van der Waals surface area contributed by atoms with Gasteiger partial charge in [0.25, 0.3) is 0 Å². The van der Waals surface area contributed by atoms with Crippen LogP contribution in [0.2, 0.25) is 0 Å². The Morgan fingerprint density at radius 1 is 1.50 bits per heavy atom. The van der Waals surface area contributed by atoms with Crippen molar-refractivity contribution < 1.29 is 9.53 Å². The monoisotopic (exact) mass is 256 g/mol. The number of aryl methyl sites for hydroxylation is 2. The van der Waals surface area contributed by atoms with Gasteiger partial charge in [-0.1, -0.05) is 18.2 Å². The molecule has 86 valence electrons. The molecule has 2 nitrogen and oxygen atoms in total. The molecule has 1 aliphatic carbocycles. The van der Waals surface area contributed by atoms with Crippen LogP contribution >= 0.6 is 22.9 Å². The SMILES string of the molecule is C=C(Cl)COC(=O)c1cc2c(s1)CCCC2. The van der Waals surface area contributed by atoms with Crippen LogP contribution in [0.3, 0.4) is 0 Å². The molecule has 0 aromatic carbocycles. The first-order chi connectivity index (χ1) is 7.66. The first-order valence-electron chi connectivity index (χ1n) is 5.29. The second-order valence-electron chi connectivity index (χ2n) is 3.86. The topological polar surface area (TPSA) is 26.3 Å². The summed E-state index contributed by atoms with van der Waals surface area (Å²) in [5.41, 5.74) is 1.31. The molecule has 0 atom stereocenters. The van der Waals surface area contributed by atoms with E-state index in [9.17, 15) is 4.79 Å². The minimum absolute atomic E-state index is 0.0863. The van der Waals surface area contributed by atoms with Crippen molar-refractivity contribution >= 4 is 28.9 Å². The third-order valence-electron chi connectivity index (χ3n) is 2.56. The third kappa shape index (κ3) is 2.66. The number of rotatable bonds is 3. The van der Waals surface area contributed by atoms with Crippen LogP contribution in [0.5, 0.6) is 0 Å². The van der Waals surface area contributed by atoms with Gasteiger partial charge in [0.2, 0.25) is 0 Å². The van der Waals surface area contributed by atoms with E-state index in [1.54, 1.807) is 11.3 Å². The fraction of sp³-hybridized carbons (Fsp3) is 0.417. The zero-order valence-electron chi connectivity index (χ0n) is 8.92. The van der Waals surface area contributed by atoms with Crippen LogP contribution in [0.1, 0.15) is 33.0 Å². The maximum atomic E-state index is 11.7. The molecule has 0 fully saturated rings. The predicted molar refractivity (Wildman–Crippen MR) is 66.2 cm³/mol. The van der Waals surface area contributed by atoms with Crippen molar-refractivity contribution in [3.05, 3.63) is 33.0 Å². The van der Waals surface area contributed by atoms with E-state index in [0.717, 1.165) is 12.8 Å². The van der Waals surface area contributed by atoms with Crippen molar-refractivity contribution in [2.75, 3.05) is 6.61 Å². The second-order valence-corrected chi connectivity index (χ2v) is 5.53.